The van der Waals surface area contributed by atoms with Gasteiger partial charge in [-0.15, -0.1) is 0 Å². The molecular formula is C51H62Br2Cl3N7O12Zn. The van der Waals surface area contributed by atoms with Crippen LogP contribution < -0.4 is 39.5 Å². The van der Waals surface area contributed by atoms with Gasteiger partial charge in [-0.3, -0.25) is 14.4 Å². The van der Waals surface area contributed by atoms with Gasteiger partial charge in [-0.2, -0.15) is 9.97 Å². The van der Waals surface area contributed by atoms with Crippen molar-refractivity contribution in [1.82, 2.24) is 24.8 Å². The van der Waals surface area contributed by atoms with Gasteiger partial charge >= 0.3 is 46.5 Å². The fourth-order valence-corrected chi connectivity index (χ4v) is 6.48. The summed E-state index contributed by atoms with van der Waals surface area (Å²) in [4.78, 5) is 50.9. The number of nitrogens with one attached hydrogen (secondary N) is 1. The number of carboxylic acid groups (broad SMARTS) is 1. The van der Waals surface area contributed by atoms with Gasteiger partial charge in [0.25, 0.3) is 5.97 Å². The third kappa shape index (κ3) is 25.4. The number of benzene rings is 4. The summed E-state index contributed by atoms with van der Waals surface area (Å²) in [5.41, 5.74) is 10.3. The van der Waals surface area contributed by atoms with Gasteiger partial charge < -0.3 is 59.0 Å². The number of aromatic nitrogens is 4. The number of carboxylic acids is 1. The van der Waals surface area contributed by atoms with Crippen LogP contribution in [0.5, 0.6) is 46.3 Å². The maximum absolute atomic E-state index is 11.7. The van der Waals surface area contributed by atoms with Gasteiger partial charge in [0.1, 0.15) is 11.5 Å². The first-order chi connectivity index (χ1) is 36.2. The molecule has 0 aliphatic rings. The zero-order valence-electron chi connectivity index (χ0n) is 44.3. The molecule has 0 saturated carbocycles. The molecule has 19 nitrogen and oxygen atoms in total. The van der Waals surface area contributed by atoms with Crippen LogP contribution in [0.4, 0.5) is 17.3 Å². The first kappa shape index (κ1) is 68.3. The molecule has 0 bridgehead atoms. The molecule has 0 aliphatic heterocycles. The molecule has 6 aromatic rings. The van der Waals surface area contributed by atoms with Crippen molar-refractivity contribution in [2.24, 2.45) is 0 Å². The molecule has 2 heterocycles. The maximum atomic E-state index is 11.7. The zero-order valence-corrected chi connectivity index (χ0v) is 52.7. The summed E-state index contributed by atoms with van der Waals surface area (Å²) >= 11 is 11.5. The molecule has 76 heavy (non-hydrogen) atoms. The second-order valence-corrected chi connectivity index (χ2v) is 21.6. The van der Waals surface area contributed by atoms with Crippen molar-refractivity contribution in [2.45, 2.75) is 47.5 Å². The number of hydrogen-bond donors (Lipinski definition) is 3. The van der Waals surface area contributed by atoms with Gasteiger partial charge in [0.2, 0.25) is 23.0 Å². The Morgan fingerprint density at radius 2 is 1.11 bits per heavy atom. The number of aliphatic carboxylic acids is 1. The van der Waals surface area contributed by atoms with E-state index in [4.69, 9.17) is 79.8 Å². The molecule has 0 unspecified atom stereocenters. The topological polar surface area (TPSA) is 238 Å². The van der Waals surface area contributed by atoms with Crippen LogP contribution in [0, 0.1) is 13.8 Å². The molecule has 0 fully saturated rings. The molecule has 25 heteroatoms. The summed E-state index contributed by atoms with van der Waals surface area (Å²) in [6.45, 7) is 11.6. The zero-order chi connectivity index (χ0) is 57.3. The number of halogens is 5. The molecule has 0 saturated heterocycles. The number of para-hydroxylation sites is 2. The van der Waals surface area contributed by atoms with E-state index in [0.717, 1.165) is 42.6 Å². The number of hydrogen-bond acceptors (Lipinski definition) is 18. The average molecular weight is 1300 g/mol. The number of carbonyl (C=O) groups is 3. The molecule has 0 radical (unpaired) electrons. The molecule has 2 aromatic heterocycles. The number of esters is 2. The summed E-state index contributed by atoms with van der Waals surface area (Å²) < 4.78 is 43.2. The Morgan fingerprint density at radius 3 is 1.53 bits per heavy atom. The van der Waals surface area contributed by atoms with Crippen molar-refractivity contribution in [1.29, 1.82) is 0 Å². The predicted molar refractivity (Wildman–Crippen MR) is 299 cm³/mol. The quantitative estimate of drug-likeness (QED) is 0.0353. The summed E-state index contributed by atoms with van der Waals surface area (Å²) in [7, 11) is 21.1. The second kappa shape index (κ2) is 37.9. The summed E-state index contributed by atoms with van der Waals surface area (Å²) in [5.74, 6) is 3.05. The van der Waals surface area contributed by atoms with E-state index in [1.54, 1.807) is 77.1 Å². The third-order valence-electron chi connectivity index (χ3n) is 9.57. The summed E-state index contributed by atoms with van der Waals surface area (Å²) in [5, 5.41) is 10.6. The number of ether oxygens (including phenoxy) is 8. The third-order valence-corrected chi connectivity index (χ3v) is 10.8. The fourth-order valence-electron chi connectivity index (χ4n) is 5.81. The monoisotopic (exact) mass is 1290 g/mol. The minimum atomic E-state index is -0.931. The van der Waals surface area contributed by atoms with Crippen LogP contribution in [0.1, 0.15) is 43.0 Å². The number of methoxy groups -OCH3 is 6. The summed E-state index contributed by atoms with van der Waals surface area (Å²) in [6.07, 6.45) is 3.28. The van der Waals surface area contributed by atoms with Crippen LogP contribution >= 0.6 is 62.8 Å². The number of anilines is 3. The van der Waals surface area contributed by atoms with E-state index in [0.29, 0.717) is 66.3 Å². The predicted octanol–water partition coefficient (Wildman–Crippen LogP) is 12.2. The first-order valence-corrected chi connectivity index (χ1v) is 32.3. The molecule has 0 spiro atoms. The van der Waals surface area contributed by atoms with Crippen molar-refractivity contribution in [3.05, 3.63) is 122 Å². The van der Waals surface area contributed by atoms with Crippen molar-refractivity contribution in [3.63, 3.8) is 0 Å². The Balaban J connectivity index is 0.000000546. The van der Waals surface area contributed by atoms with Crippen molar-refractivity contribution >= 4 is 98.1 Å². The minimum absolute atomic E-state index is 0.0775. The Labute approximate surface area is 481 Å². The number of nitrogens with two attached hydrogens (primary N) is 1. The van der Waals surface area contributed by atoms with E-state index >= 15 is 0 Å². The molecule has 410 valence electrons. The Bertz CT molecular complexity index is 2750. The molecule has 0 atom stereocenters. The summed E-state index contributed by atoms with van der Waals surface area (Å²) in [6, 6.07) is 21.6. The second-order valence-electron chi connectivity index (χ2n) is 14.9. The number of rotatable bonds is 16. The van der Waals surface area contributed by atoms with Gasteiger partial charge in [-0.1, -0.05) is 50.2 Å². The number of nitrogen functional groups attached to an aromatic ring is 1. The molecule has 0 amide bonds. The van der Waals surface area contributed by atoms with E-state index in [1.807, 2.05) is 44.2 Å². The molecule has 4 aromatic carbocycles. The number of aryl methyl sites for hydroxylation is 2. The van der Waals surface area contributed by atoms with Crippen molar-refractivity contribution in [2.75, 3.05) is 73.8 Å². The fraction of sp³-hybridized carbons (Fsp3) is 0.314. The van der Waals surface area contributed by atoms with E-state index in [9.17, 15) is 9.59 Å². The van der Waals surface area contributed by atoms with Crippen molar-refractivity contribution < 1.29 is 72.5 Å². The molecule has 4 N–H and O–H groups in total. The van der Waals surface area contributed by atoms with Crippen LogP contribution in [-0.4, -0.2) is 111 Å². The van der Waals surface area contributed by atoms with E-state index in [-0.39, 0.29) is 35.9 Å². The SMILES string of the molecule is CC(=O)O.CCN(C)CC.COC(=O)Cc1ccccc1Oc1nc(Cl)ncc1Br.COC(=O)Cc1ccccc1Oc1nc(Nc2cc(C)c(OC)c(OC)c2)ncc1Br.COc1cc(N)cc(C)c1OC.[Cl][Zn][Cl]. The normalized spacial score (nSPS) is 9.66. The number of carbonyl (C=O) groups excluding carboxylic acids is 2. The van der Waals surface area contributed by atoms with E-state index in [1.165, 1.54) is 20.4 Å². The average Bonchev–Trinajstić information content (AvgIpc) is 3.39. The van der Waals surface area contributed by atoms with Crippen LogP contribution in [0.15, 0.2) is 94.1 Å². The Morgan fingerprint density at radius 1 is 0.684 bits per heavy atom. The standard InChI is InChI=1S/C22H22BrN3O5.C13H10BrClN2O3.C9H13NO2.C5H13N.C2H4O2.2ClH.Zn/c1-13-9-15(11-18(28-2)20(13)30-4)25-22-24-12-16(23)21(26-22)31-17-8-6-5-7-14(17)10-19(27)29-3;1-19-11(18)6-8-4-2-3-5-10(8)20-12-9(14)7-16-13(15)17-12;1-6-4-7(10)5-8(11-2)9(6)12-3;1-4-6(3)5-2;1-2(3)4;;;/h5-9,11-12H,10H2,1-4H3,(H,24,25,26);2-5,7H,6H2,1H3;4-5H,10H2,1-3H3;4-5H2,1-3H3;1H3,(H,3,4);2*1H;/q;;;;;;;+2/p-2. The first-order valence-electron chi connectivity index (χ1n) is 22.5. The van der Waals surface area contributed by atoms with Gasteiger partial charge in [0, 0.05) is 47.8 Å². The van der Waals surface area contributed by atoms with Crippen LogP contribution in [0.25, 0.3) is 0 Å². The van der Waals surface area contributed by atoms with Crippen molar-refractivity contribution in [3.8, 4) is 46.3 Å². The number of nitrogens with zero attached hydrogens (tertiary/aromatic N) is 5. The Hall–Kier alpha value is -5.74. The molecule has 0 aliphatic carbocycles. The van der Waals surface area contributed by atoms with Crippen LogP contribution in [0.3, 0.4) is 0 Å². The Kier molecular flexibility index (Phi) is 34.1. The van der Waals surface area contributed by atoms with Crippen LogP contribution in [0.2, 0.25) is 5.28 Å². The van der Waals surface area contributed by atoms with Gasteiger partial charge in [-0.05, 0) is 113 Å². The van der Waals surface area contributed by atoms with Gasteiger partial charge in [0.05, 0.1) is 70.6 Å². The van der Waals surface area contributed by atoms with Crippen LogP contribution in [-0.2, 0) is 51.8 Å². The van der Waals surface area contributed by atoms with Gasteiger partial charge in [-0.25, -0.2) is 9.97 Å². The van der Waals surface area contributed by atoms with Gasteiger partial charge in [0.15, 0.2) is 23.0 Å². The van der Waals surface area contributed by atoms with E-state index < -0.39 is 21.1 Å². The van der Waals surface area contributed by atoms with E-state index in [2.05, 4.69) is 87.6 Å². The molecule has 6 rings (SSSR count). The molecular weight excluding hydrogens is 1230 g/mol.